The molecule has 1 atom stereocenters. The summed E-state index contributed by atoms with van der Waals surface area (Å²) in [4.78, 5) is 4.35. The largest absolute Gasteiger partial charge is 0.496 e. The molecule has 2 aromatic heterocycles. The molecular weight excluding hydrogens is 396 g/mol. The molecule has 0 saturated heterocycles. The molecule has 0 bridgehead atoms. The Morgan fingerprint density at radius 2 is 1.56 bits per heavy atom. The summed E-state index contributed by atoms with van der Waals surface area (Å²) in [5.74, 6) is 2.37. The van der Waals surface area contributed by atoms with Crippen LogP contribution < -0.4 is 4.74 Å². The molecule has 4 aromatic rings. The molecule has 2 saturated carbocycles. The summed E-state index contributed by atoms with van der Waals surface area (Å²) in [6.45, 7) is 0. The third-order valence-electron chi connectivity index (χ3n) is 7.75. The van der Waals surface area contributed by atoms with E-state index in [4.69, 9.17) is 4.74 Å². The van der Waals surface area contributed by atoms with E-state index in [1.807, 2.05) is 12.5 Å². The van der Waals surface area contributed by atoms with Gasteiger partial charge in [0.25, 0.3) is 0 Å². The lowest BCUT2D eigenvalue weighted by Crippen LogP contribution is -2.22. The highest BCUT2D eigenvalue weighted by Gasteiger charge is 2.34. The van der Waals surface area contributed by atoms with Crippen molar-refractivity contribution in [2.45, 2.75) is 56.5 Å². The van der Waals surface area contributed by atoms with Crippen LogP contribution in [0.15, 0.2) is 61.1 Å². The maximum absolute atomic E-state index is 11.6. The van der Waals surface area contributed by atoms with Gasteiger partial charge in [-0.05, 0) is 84.9 Å². The molecule has 0 aliphatic heterocycles. The first kappa shape index (κ1) is 19.8. The van der Waals surface area contributed by atoms with E-state index in [0.29, 0.717) is 17.8 Å². The van der Waals surface area contributed by atoms with Crippen molar-refractivity contribution in [2.75, 3.05) is 7.11 Å². The standard InChI is InChI=1S/C28H30N2O2/c1-32-26-15-14-22(24-4-2-3-5-25(24)26)18-8-10-20(11-9-18)28(31)27-23(19-6-7-19)13-12-21-16-29-17-30(21)27/h2-5,12-20,28,31H,6-11H2,1H3/t18-,20-,28-/m1/s1. The molecule has 2 aromatic carbocycles. The Hall–Kier alpha value is -2.85. The van der Waals surface area contributed by atoms with E-state index in [0.717, 1.165) is 42.6 Å². The van der Waals surface area contributed by atoms with Gasteiger partial charge in [-0.15, -0.1) is 0 Å². The Morgan fingerprint density at radius 1 is 0.875 bits per heavy atom. The zero-order chi connectivity index (χ0) is 21.7. The number of hydrogen-bond acceptors (Lipinski definition) is 3. The van der Waals surface area contributed by atoms with Crippen LogP contribution in [-0.4, -0.2) is 21.6 Å². The van der Waals surface area contributed by atoms with E-state index in [2.05, 4.69) is 57.9 Å². The number of aromatic nitrogens is 2. The van der Waals surface area contributed by atoms with Crippen LogP contribution in [0.5, 0.6) is 5.75 Å². The zero-order valence-corrected chi connectivity index (χ0v) is 18.6. The number of nitrogens with zero attached hydrogens (tertiary/aromatic N) is 2. The molecule has 2 fully saturated rings. The zero-order valence-electron chi connectivity index (χ0n) is 18.6. The normalized spacial score (nSPS) is 22.3. The topological polar surface area (TPSA) is 46.8 Å². The third-order valence-corrected chi connectivity index (χ3v) is 7.75. The van der Waals surface area contributed by atoms with E-state index in [1.165, 1.54) is 34.7 Å². The highest BCUT2D eigenvalue weighted by molar-refractivity contribution is 5.91. The van der Waals surface area contributed by atoms with Gasteiger partial charge < -0.3 is 14.2 Å². The summed E-state index contributed by atoms with van der Waals surface area (Å²) < 4.78 is 7.72. The molecule has 2 aliphatic rings. The number of benzene rings is 2. The van der Waals surface area contributed by atoms with Crippen molar-refractivity contribution in [3.63, 3.8) is 0 Å². The van der Waals surface area contributed by atoms with Crippen LogP contribution in [0.4, 0.5) is 0 Å². The molecule has 0 radical (unpaired) electrons. The molecule has 2 aliphatic carbocycles. The van der Waals surface area contributed by atoms with E-state index in [1.54, 1.807) is 7.11 Å². The van der Waals surface area contributed by atoms with Crippen molar-refractivity contribution >= 4 is 16.3 Å². The molecule has 6 rings (SSSR count). The van der Waals surface area contributed by atoms with Crippen LogP contribution >= 0.6 is 0 Å². The third kappa shape index (κ3) is 3.29. The molecule has 32 heavy (non-hydrogen) atoms. The van der Waals surface area contributed by atoms with Gasteiger partial charge in [0.1, 0.15) is 5.75 Å². The van der Waals surface area contributed by atoms with Crippen molar-refractivity contribution < 1.29 is 9.84 Å². The molecule has 1 N–H and O–H groups in total. The molecule has 0 unspecified atom stereocenters. The lowest BCUT2D eigenvalue weighted by atomic mass is 9.74. The average molecular weight is 427 g/mol. The first-order chi connectivity index (χ1) is 15.7. The summed E-state index contributed by atoms with van der Waals surface area (Å²) in [6, 6.07) is 17.3. The lowest BCUT2D eigenvalue weighted by Gasteiger charge is -2.33. The lowest BCUT2D eigenvalue weighted by molar-refractivity contribution is 0.0755. The van der Waals surface area contributed by atoms with Gasteiger partial charge in [-0.25, -0.2) is 4.98 Å². The number of ether oxygens (including phenoxy) is 1. The van der Waals surface area contributed by atoms with E-state index >= 15 is 0 Å². The molecule has 4 nitrogen and oxygen atoms in total. The number of aliphatic hydroxyl groups excluding tert-OH is 1. The second-order valence-electron chi connectivity index (χ2n) is 9.60. The summed E-state index contributed by atoms with van der Waals surface area (Å²) in [7, 11) is 1.74. The Bertz CT molecular complexity index is 1270. The second-order valence-corrected chi connectivity index (χ2v) is 9.60. The Morgan fingerprint density at radius 3 is 2.31 bits per heavy atom. The summed E-state index contributed by atoms with van der Waals surface area (Å²) in [5.41, 5.74) is 4.90. The van der Waals surface area contributed by atoms with Gasteiger partial charge in [0.2, 0.25) is 0 Å². The minimum absolute atomic E-state index is 0.293. The maximum atomic E-state index is 11.6. The fourth-order valence-electron chi connectivity index (χ4n) is 5.88. The fraction of sp³-hybridized carbons (Fsp3) is 0.393. The predicted octanol–water partition coefficient (Wildman–Crippen LogP) is 6.38. The first-order valence-electron chi connectivity index (χ1n) is 11.9. The van der Waals surface area contributed by atoms with Gasteiger partial charge in [-0.2, -0.15) is 0 Å². The van der Waals surface area contributed by atoms with Crippen LogP contribution in [0, 0.1) is 5.92 Å². The second kappa shape index (κ2) is 7.93. The van der Waals surface area contributed by atoms with Crippen molar-refractivity contribution in [1.29, 1.82) is 0 Å². The highest BCUT2D eigenvalue weighted by atomic mass is 16.5. The summed E-state index contributed by atoms with van der Waals surface area (Å²) in [5, 5.41) is 14.0. The first-order valence-corrected chi connectivity index (χ1v) is 11.9. The number of imidazole rings is 1. The molecule has 2 heterocycles. The number of aliphatic hydroxyl groups is 1. The average Bonchev–Trinajstić information content (AvgIpc) is 3.58. The molecule has 0 spiro atoms. The Kier molecular flexibility index (Phi) is 4.91. The van der Waals surface area contributed by atoms with Gasteiger partial charge in [0.05, 0.1) is 36.9 Å². The quantitative estimate of drug-likeness (QED) is 0.403. The Balaban J connectivity index is 1.26. The van der Waals surface area contributed by atoms with Gasteiger partial charge >= 0.3 is 0 Å². The SMILES string of the molecule is COc1ccc([C@H]2CC[C@H]([C@@H](O)c3c(C4CC4)ccc4cncn34)CC2)c2ccccc12. The number of pyridine rings is 1. The number of rotatable bonds is 5. The number of hydrogen-bond donors (Lipinski definition) is 1. The minimum Gasteiger partial charge on any atom is -0.496 e. The van der Waals surface area contributed by atoms with E-state index in [9.17, 15) is 5.11 Å². The highest BCUT2D eigenvalue weighted by Crippen LogP contribution is 2.47. The van der Waals surface area contributed by atoms with E-state index < -0.39 is 6.10 Å². The van der Waals surface area contributed by atoms with E-state index in [-0.39, 0.29) is 0 Å². The summed E-state index contributed by atoms with van der Waals surface area (Å²) >= 11 is 0. The van der Waals surface area contributed by atoms with Crippen molar-refractivity contribution in [3.8, 4) is 5.75 Å². The number of methoxy groups -OCH3 is 1. The van der Waals surface area contributed by atoms with Crippen molar-refractivity contribution in [1.82, 2.24) is 9.38 Å². The van der Waals surface area contributed by atoms with Crippen LogP contribution in [0.1, 0.15) is 73.3 Å². The summed E-state index contributed by atoms with van der Waals surface area (Å²) in [6.07, 6.45) is 10.1. The van der Waals surface area contributed by atoms with Gasteiger partial charge in [-0.1, -0.05) is 36.4 Å². The molecule has 0 amide bonds. The molecule has 164 valence electrons. The maximum Gasteiger partial charge on any atom is 0.126 e. The van der Waals surface area contributed by atoms with Crippen molar-refractivity contribution in [3.05, 3.63) is 77.9 Å². The Labute approximate surface area is 188 Å². The van der Waals surface area contributed by atoms with Crippen LogP contribution in [0.2, 0.25) is 0 Å². The minimum atomic E-state index is -0.433. The van der Waals surface area contributed by atoms with Crippen LogP contribution in [0.3, 0.4) is 0 Å². The van der Waals surface area contributed by atoms with Crippen LogP contribution in [-0.2, 0) is 0 Å². The van der Waals surface area contributed by atoms with Gasteiger partial charge in [-0.3, -0.25) is 0 Å². The van der Waals surface area contributed by atoms with Crippen molar-refractivity contribution in [2.24, 2.45) is 5.92 Å². The fourth-order valence-corrected chi connectivity index (χ4v) is 5.88. The monoisotopic (exact) mass is 426 g/mol. The smallest absolute Gasteiger partial charge is 0.126 e. The van der Waals surface area contributed by atoms with Crippen LogP contribution in [0.25, 0.3) is 16.3 Å². The van der Waals surface area contributed by atoms with Gasteiger partial charge in [0.15, 0.2) is 0 Å². The molecular formula is C28H30N2O2. The molecule has 4 heteroatoms. The predicted molar refractivity (Wildman–Crippen MR) is 127 cm³/mol. The number of fused-ring (bicyclic) bond motifs is 2. The van der Waals surface area contributed by atoms with Gasteiger partial charge in [0, 0.05) is 5.39 Å².